The third kappa shape index (κ3) is 8.67. The largest absolute Gasteiger partial charge is 0.497 e. The summed E-state index contributed by atoms with van der Waals surface area (Å²) in [6.07, 6.45) is 2.01. The van der Waals surface area contributed by atoms with Crippen molar-refractivity contribution in [3.8, 4) is 5.75 Å². The summed E-state index contributed by atoms with van der Waals surface area (Å²) in [6, 6.07) is 23.8. The molecule has 1 aliphatic heterocycles. The maximum atomic E-state index is 13.0. The molecular weight excluding hydrogens is 488 g/mol. The Morgan fingerprint density at radius 1 is 0.949 bits per heavy atom. The Balaban J connectivity index is 1.31. The molecule has 39 heavy (non-hydrogen) atoms. The van der Waals surface area contributed by atoms with E-state index < -0.39 is 6.04 Å². The number of nitrogens with zero attached hydrogens (tertiary/aromatic N) is 1. The summed E-state index contributed by atoms with van der Waals surface area (Å²) in [5.41, 5.74) is 4.89. The van der Waals surface area contributed by atoms with Crippen molar-refractivity contribution in [1.29, 1.82) is 0 Å². The summed E-state index contributed by atoms with van der Waals surface area (Å²) < 4.78 is 5.39. The third-order valence-corrected chi connectivity index (χ3v) is 7.17. The molecular formula is C32H40N4O3. The van der Waals surface area contributed by atoms with E-state index in [1.165, 1.54) is 5.56 Å². The Bertz CT molecular complexity index is 1220. The van der Waals surface area contributed by atoms with Crippen molar-refractivity contribution in [2.24, 2.45) is 0 Å². The van der Waals surface area contributed by atoms with E-state index in [1.54, 1.807) is 7.11 Å². The number of carbonyl (C=O) groups excluding carboxylic acids is 2. The number of ether oxygens (including phenoxy) is 1. The zero-order valence-electron chi connectivity index (χ0n) is 23.2. The standard InChI is InChI=1S/C32H40N4O3/c1-23-16-24(2)18-27(17-23)32(38)34-20-30(26-10-7-11-29(19-26)39-3)35-31(37)21-33-28-12-14-36(15-13-28)22-25-8-5-4-6-9-25/h4-11,16-19,28,30,33H,12-15,20-22H2,1-3H3,(H,34,38)(H,35,37). The zero-order valence-corrected chi connectivity index (χ0v) is 23.2. The highest BCUT2D eigenvalue weighted by Crippen LogP contribution is 2.20. The first-order valence-electron chi connectivity index (χ1n) is 13.7. The van der Waals surface area contributed by atoms with Gasteiger partial charge in [-0.1, -0.05) is 59.7 Å². The van der Waals surface area contributed by atoms with E-state index in [0.29, 0.717) is 17.4 Å². The molecule has 3 aromatic carbocycles. The first-order valence-corrected chi connectivity index (χ1v) is 13.7. The minimum atomic E-state index is -0.392. The van der Waals surface area contributed by atoms with E-state index in [9.17, 15) is 9.59 Å². The average molecular weight is 529 g/mol. The van der Waals surface area contributed by atoms with Gasteiger partial charge in [0.05, 0.1) is 19.7 Å². The zero-order chi connectivity index (χ0) is 27.6. The predicted molar refractivity (Wildman–Crippen MR) is 155 cm³/mol. The lowest BCUT2D eigenvalue weighted by Crippen LogP contribution is -2.47. The first kappa shape index (κ1) is 28.3. The fraction of sp³-hybridized carbons (Fsp3) is 0.375. The summed E-state index contributed by atoms with van der Waals surface area (Å²) in [5.74, 6) is 0.437. The molecule has 0 spiro atoms. The minimum Gasteiger partial charge on any atom is -0.497 e. The summed E-state index contributed by atoms with van der Waals surface area (Å²) in [4.78, 5) is 28.4. The van der Waals surface area contributed by atoms with E-state index in [2.05, 4.69) is 45.1 Å². The Morgan fingerprint density at radius 2 is 1.67 bits per heavy atom. The van der Waals surface area contributed by atoms with Crippen molar-refractivity contribution in [1.82, 2.24) is 20.9 Å². The second-order valence-corrected chi connectivity index (χ2v) is 10.4. The summed E-state index contributed by atoms with van der Waals surface area (Å²) in [7, 11) is 1.61. The lowest BCUT2D eigenvalue weighted by atomic mass is 10.0. The summed E-state index contributed by atoms with van der Waals surface area (Å²) in [6.45, 7) is 7.42. The van der Waals surface area contributed by atoms with Crippen LogP contribution in [0.3, 0.4) is 0 Å². The van der Waals surface area contributed by atoms with E-state index >= 15 is 0 Å². The Morgan fingerprint density at radius 3 is 2.36 bits per heavy atom. The molecule has 0 radical (unpaired) electrons. The van der Waals surface area contributed by atoms with Crippen molar-refractivity contribution < 1.29 is 14.3 Å². The van der Waals surface area contributed by atoms with Gasteiger partial charge >= 0.3 is 0 Å². The van der Waals surface area contributed by atoms with E-state index in [1.807, 2.05) is 62.4 Å². The van der Waals surface area contributed by atoms with Gasteiger partial charge in [0.25, 0.3) is 5.91 Å². The second-order valence-electron chi connectivity index (χ2n) is 10.4. The van der Waals surface area contributed by atoms with Crippen molar-refractivity contribution in [3.63, 3.8) is 0 Å². The number of methoxy groups -OCH3 is 1. The van der Waals surface area contributed by atoms with Crippen LogP contribution in [0.25, 0.3) is 0 Å². The number of piperidine rings is 1. The number of amides is 2. The lowest BCUT2D eigenvalue weighted by Gasteiger charge is -2.32. The SMILES string of the molecule is COc1cccc(C(CNC(=O)c2cc(C)cc(C)c2)NC(=O)CNC2CCN(Cc3ccccc3)CC2)c1. The highest BCUT2D eigenvalue weighted by atomic mass is 16.5. The van der Waals surface area contributed by atoms with E-state index in [-0.39, 0.29) is 24.9 Å². The highest BCUT2D eigenvalue weighted by Gasteiger charge is 2.21. The molecule has 206 valence electrons. The van der Waals surface area contributed by atoms with Gasteiger partial charge in [-0.2, -0.15) is 0 Å². The molecule has 1 saturated heterocycles. The van der Waals surface area contributed by atoms with E-state index in [4.69, 9.17) is 4.74 Å². The van der Waals surface area contributed by atoms with Crippen LogP contribution in [0.2, 0.25) is 0 Å². The van der Waals surface area contributed by atoms with Gasteiger partial charge in [0, 0.05) is 24.7 Å². The minimum absolute atomic E-state index is 0.102. The van der Waals surface area contributed by atoms with Gasteiger partial charge in [0.2, 0.25) is 5.91 Å². The molecule has 4 rings (SSSR count). The van der Waals surface area contributed by atoms with E-state index in [0.717, 1.165) is 49.2 Å². The molecule has 0 bridgehead atoms. The molecule has 3 aromatic rings. The molecule has 1 unspecified atom stereocenters. The molecule has 1 aliphatic rings. The number of benzene rings is 3. The molecule has 3 N–H and O–H groups in total. The highest BCUT2D eigenvalue weighted by molar-refractivity contribution is 5.94. The molecule has 1 fully saturated rings. The molecule has 0 aromatic heterocycles. The van der Waals surface area contributed by atoms with Crippen LogP contribution in [0.5, 0.6) is 5.75 Å². The molecule has 7 nitrogen and oxygen atoms in total. The average Bonchev–Trinajstić information content (AvgIpc) is 2.94. The van der Waals surface area contributed by atoms with Crippen molar-refractivity contribution in [2.45, 2.75) is 45.3 Å². The molecule has 1 atom stereocenters. The normalized spacial score (nSPS) is 14.9. The number of hydrogen-bond acceptors (Lipinski definition) is 5. The lowest BCUT2D eigenvalue weighted by molar-refractivity contribution is -0.121. The van der Waals surface area contributed by atoms with Gasteiger partial charge in [-0.3, -0.25) is 14.5 Å². The second kappa shape index (κ2) is 13.9. The van der Waals surface area contributed by atoms with Crippen LogP contribution in [0.4, 0.5) is 0 Å². The number of likely N-dealkylation sites (tertiary alicyclic amines) is 1. The number of rotatable bonds is 11. The van der Waals surface area contributed by atoms with Crippen LogP contribution < -0.4 is 20.7 Å². The molecule has 1 heterocycles. The van der Waals surface area contributed by atoms with Gasteiger partial charge < -0.3 is 20.7 Å². The van der Waals surface area contributed by atoms with Crippen LogP contribution in [0.15, 0.2) is 72.8 Å². The molecule has 7 heteroatoms. The quantitative estimate of drug-likeness (QED) is 0.348. The maximum Gasteiger partial charge on any atom is 0.251 e. The van der Waals surface area contributed by atoms with Gasteiger partial charge in [-0.15, -0.1) is 0 Å². The topological polar surface area (TPSA) is 82.7 Å². The fourth-order valence-electron chi connectivity index (χ4n) is 5.13. The Labute approximate surface area is 231 Å². The smallest absolute Gasteiger partial charge is 0.251 e. The van der Waals surface area contributed by atoms with Gasteiger partial charge in [-0.05, 0) is 75.2 Å². The number of hydrogen-bond donors (Lipinski definition) is 3. The van der Waals surface area contributed by atoms with Gasteiger partial charge in [-0.25, -0.2) is 0 Å². The van der Waals surface area contributed by atoms with Crippen molar-refractivity contribution in [2.75, 3.05) is 33.3 Å². The Hall–Kier alpha value is -3.68. The van der Waals surface area contributed by atoms with Crippen LogP contribution in [0, 0.1) is 13.8 Å². The number of carbonyl (C=O) groups is 2. The summed E-state index contributed by atoms with van der Waals surface area (Å²) >= 11 is 0. The van der Waals surface area contributed by atoms with Crippen LogP contribution in [0.1, 0.15) is 51.5 Å². The maximum absolute atomic E-state index is 13.0. The van der Waals surface area contributed by atoms with Crippen molar-refractivity contribution in [3.05, 3.63) is 101 Å². The van der Waals surface area contributed by atoms with Crippen LogP contribution in [-0.2, 0) is 11.3 Å². The van der Waals surface area contributed by atoms with Gasteiger partial charge in [0.15, 0.2) is 0 Å². The Kier molecular flexibility index (Phi) is 10.1. The number of aryl methyl sites for hydroxylation is 2. The van der Waals surface area contributed by atoms with Crippen LogP contribution >= 0.6 is 0 Å². The molecule has 0 aliphatic carbocycles. The van der Waals surface area contributed by atoms with Crippen molar-refractivity contribution >= 4 is 11.8 Å². The first-order chi connectivity index (χ1) is 18.9. The van der Waals surface area contributed by atoms with Gasteiger partial charge in [0.1, 0.15) is 5.75 Å². The molecule has 0 saturated carbocycles. The summed E-state index contributed by atoms with van der Waals surface area (Å²) in [5, 5.41) is 9.56. The monoisotopic (exact) mass is 528 g/mol. The van der Waals surface area contributed by atoms with Crippen LogP contribution in [-0.4, -0.2) is 56.0 Å². The fourth-order valence-corrected chi connectivity index (χ4v) is 5.13. The number of nitrogens with one attached hydrogen (secondary N) is 3. The molecule has 2 amide bonds. The third-order valence-electron chi connectivity index (χ3n) is 7.17. The predicted octanol–water partition coefficient (Wildman–Crippen LogP) is 4.15.